The van der Waals surface area contributed by atoms with Crippen LogP contribution in [0.1, 0.15) is 25.2 Å². The highest BCUT2D eigenvalue weighted by atomic mass is 35.5. The highest BCUT2D eigenvalue weighted by Crippen LogP contribution is 2.18. The normalized spacial score (nSPS) is 12.1. The van der Waals surface area contributed by atoms with Crippen molar-refractivity contribution >= 4 is 17.6 Å². The van der Waals surface area contributed by atoms with E-state index in [1.54, 1.807) is 31.2 Å². The van der Waals surface area contributed by atoms with Crippen LogP contribution in [0.3, 0.4) is 0 Å². The van der Waals surface area contributed by atoms with Crippen LogP contribution >= 0.6 is 11.6 Å². The molecule has 0 fully saturated rings. The number of aliphatic carboxylic acids is 1. The summed E-state index contributed by atoms with van der Waals surface area (Å²) in [5.41, 5.74) is 0. The number of carboxylic acids is 1. The molecule has 1 unspecified atom stereocenters. The number of ether oxygens (including phenoxy) is 1. The highest BCUT2D eigenvalue weighted by molar-refractivity contribution is 6.30. The molecule has 106 valence electrons. The number of tetrazole rings is 1. The molecule has 0 aliphatic rings. The third-order valence-corrected chi connectivity index (χ3v) is 2.85. The smallest absolute Gasteiger partial charge is 0.305 e. The summed E-state index contributed by atoms with van der Waals surface area (Å²) in [5.74, 6) is 0.145. The summed E-state index contributed by atoms with van der Waals surface area (Å²) in [4.78, 5) is 10.7. The lowest BCUT2D eigenvalue weighted by molar-refractivity contribution is -0.137. The van der Waals surface area contributed by atoms with Crippen LogP contribution in [0.5, 0.6) is 5.75 Å². The Morgan fingerprint density at radius 2 is 2.35 bits per heavy atom. The summed E-state index contributed by atoms with van der Waals surface area (Å²) in [6, 6.07) is 6.61. The van der Waals surface area contributed by atoms with Gasteiger partial charge in [-0.05, 0) is 35.5 Å². The lowest BCUT2D eigenvalue weighted by Gasteiger charge is -2.11. The van der Waals surface area contributed by atoms with E-state index in [4.69, 9.17) is 21.4 Å². The predicted molar refractivity (Wildman–Crippen MR) is 70.6 cm³/mol. The van der Waals surface area contributed by atoms with Gasteiger partial charge in [0.25, 0.3) is 0 Å². The summed E-state index contributed by atoms with van der Waals surface area (Å²) in [5, 5.41) is 20.5. The van der Waals surface area contributed by atoms with Gasteiger partial charge < -0.3 is 9.84 Å². The average Bonchev–Trinajstić information content (AvgIpc) is 2.84. The number of hydrogen-bond donors (Lipinski definition) is 1. The molecule has 2 aromatic rings. The van der Waals surface area contributed by atoms with E-state index in [1.807, 2.05) is 0 Å². The van der Waals surface area contributed by atoms with Crippen molar-refractivity contribution in [2.24, 2.45) is 0 Å². The number of halogens is 1. The Labute approximate surface area is 120 Å². The van der Waals surface area contributed by atoms with Crippen molar-refractivity contribution in [3.63, 3.8) is 0 Å². The van der Waals surface area contributed by atoms with Gasteiger partial charge in [0.2, 0.25) is 0 Å². The Morgan fingerprint density at radius 1 is 1.55 bits per heavy atom. The monoisotopic (exact) mass is 296 g/mol. The Hall–Kier alpha value is -2.15. The standard InChI is InChI=1S/C12H13ClN4O3/c1-8(5-12(18)19)17-11(14-15-16-17)7-20-10-4-2-3-9(13)6-10/h2-4,6,8H,5,7H2,1H3,(H,18,19). The van der Waals surface area contributed by atoms with E-state index in [1.165, 1.54) is 4.68 Å². The molecular formula is C12H13ClN4O3. The van der Waals surface area contributed by atoms with Crippen LogP contribution in [0, 0.1) is 0 Å². The first kappa shape index (κ1) is 14.3. The van der Waals surface area contributed by atoms with Crippen LogP contribution in [0.4, 0.5) is 0 Å². The van der Waals surface area contributed by atoms with Gasteiger partial charge in [-0.3, -0.25) is 4.79 Å². The first-order valence-corrected chi connectivity index (χ1v) is 6.31. The fourth-order valence-corrected chi connectivity index (χ4v) is 1.87. The molecule has 0 aliphatic heterocycles. The lowest BCUT2D eigenvalue weighted by atomic mass is 10.2. The molecule has 0 saturated heterocycles. The fraction of sp³-hybridized carbons (Fsp3) is 0.333. The first-order chi connectivity index (χ1) is 9.56. The second kappa shape index (κ2) is 6.33. The number of hydrogen-bond acceptors (Lipinski definition) is 5. The Kier molecular flexibility index (Phi) is 4.52. The van der Waals surface area contributed by atoms with Gasteiger partial charge in [-0.15, -0.1) is 5.10 Å². The second-order valence-electron chi connectivity index (χ2n) is 4.23. The number of nitrogens with zero attached hydrogens (tertiary/aromatic N) is 4. The van der Waals surface area contributed by atoms with E-state index in [9.17, 15) is 4.79 Å². The molecule has 1 atom stereocenters. The molecule has 2 rings (SSSR count). The second-order valence-corrected chi connectivity index (χ2v) is 4.67. The van der Waals surface area contributed by atoms with Gasteiger partial charge in [0.05, 0.1) is 12.5 Å². The molecule has 20 heavy (non-hydrogen) atoms. The van der Waals surface area contributed by atoms with Crippen molar-refractivity contribution in [1.82, 2.24) is 20.2 Å². The van der Waals surface area contributed by atoms with Crippen molar-refractivity contribution in [3.8, 4) is 5.75 Å². The summed E-state index contributed by atoms with van der Waals surface area (Å²) in [6.07, 6.45) is -0.0603. The summed E-state index contributed by atoms with van der Waals surface area (Å²) in [7, 11) is 0. The van der Waals surface area contributed by atoms with Crippen LogP contribution < -0.4 is 4.74 Å². The van der Waals surface area contributed by atoms with Crippen LogP contribution in [-0.4, -0.2) is 31.3 Å². The molecule has 0 bridgehead atoms. The van der Waals surface area contributed by atoms with E-state index < -0.39 is 5.97 Å². The molecule has 0 aliphatic carbocycles. The minimum Gasteiger partial charge on any atom is -0.485 e. The van der Waals surface area contributed by atoms with Crippen molar-refractivity contribution in [3.05, 3.63) is 35.1 Å². The quantitative estimate of drug-likeness (QED) is 0.876. The van der Waals surface area contributed by atoms with E-state index in [0.29, 0.717) is 16.6 Å². The molecule has 7 nitrogen and oxygen atoms in total. The number of carbonyl (C=O) groups is 1. The lowest BCUT2D eigenvalue weighted by Crippen LogP contribution is -2.16. The molecule has 1 aromatic heterocycles. The van der Waals surface area contributed by atoms with Gasteiger partial charge in [-0.1, -0.05) is 17.7 Å². The van der Waals surface area contributed by atoms with Gasteiger partial charge in [0, 0.05) is 5.02 Å². The maximum absolute atomic E-state index is 10.7. The number of aromatic nitrogens is 4. The topological polar surface area (TPSA) is 90.1 Å². The first-order valence-electron chi connectivity index (χ1n) is 5.93. The van der Waals surface area contributed by atoms with Crippen LogP contribution in [0.15, 0.2) is 24.3 Å². The largest absolute Gasteiger partial charge is 0.485 e. The molecule has 0 saturated carbocycles. The van der Waals surface area contributed by atoms with Crippen molar-refractivity contribution in [1.29, 1.82) is 0 Å². The van der Waals surface area contributed by atoms with Crippen LogP contribution in [0.2, 0.25) is 5.02 Å². The van der Waals surface area contributed by atoms with E-state index in [0.717, 1.165) is 0 Å². The highest BCUT2D eigenvalue weighted by Gasteiger charge is 2.16. The zero-order chi connectivity index (χ0) is 14.5. The van der Waals surface area contributed by atoms with Crippen molar-refractivity contribution in [2.75, 3.05) is 0 Å². The molecular weight excluding hydrogens is 284 g/mol. The van der Waals surface area contributed by atoms with E-state index >= 15 is 0 Å². The van der Waals surface area contributed by atoms with Crippen molar-refractivity contribution < 1.29 is 14.6 Å². The fourth-order valence-electron chi connectivity index (χ4n) is 1.69. The van der Waals surface area contributed by atoms with Crippen LogP contribution in [0.25, 0.3) is 0 Å². The van der Waals surface area contributed by atoms with Gasteiger partial charge in [-0.25, -0.2) is 4.68 Å². The van der Waals surface area contributed by atoms with Gasteiger partial charge in [0.1, 0.15) is 12.4 Å². The Morgan fingerprint density at radius 3 is 3.05 bits per heavy atom. The van der Waals surface area contributed by atoms with E-state index in [2.05, 4.69) is 15.5 Å². The van der Waals surface area contributed by atoms with Gasteiger partial charge in [0.15, 0.2) is 5.82 Å². The Bertz CT molecular complexity index is 602. The average molecular weight is 297 g/mol. The number of benzene rings is 1. The number of rotatable bonds is 6. The number of carboxylic acid groups (broad SMARTS) is 1. The zero-order valence-electron chi connectivity index (χ0n) is 10.7. The van der Waals surface area contributed by atoms with Crippen molar-refractivity contribution in [2.45, 2.75) is 26.0 Å². The van der Waals surface area contributed by atoms with Crippen LogP contribution in [-0.2, 0) is 11.4 Å². The summed E-state index contributed by atoms with van der Waals surface area (Å²) < 4.78 is 6.97. The zero-order valence-corrected chi connectivity index (χ0v) is 11.5. The maximum atomic E-state index is 10.7. The van der Waals surface area contributed by atoms with E-state index in [-0.39, 0.29) is 19.1 Å². The molecule has 1 heterocycles. The minimum atomic E-state index is -0.908. The van der Waals surface area contributed by atoms with Gasteiger partial charge >= 0.3 is 5.97 Å². The Balaban J connectivity index is 2.03. The predicted octanol–water partition coefficient (Wildman–Crippen LogP) is 1.94. The summed E-state index contributed by atoms with van der Waals surface area (Å²) in [6.45, 7) is 1.87. The molecule has 0 amide bonds. The minimum absolute atomic E-state index is 0.0603. The molecule has 1 aromatic carbocycles. The molecule has 0 spiro atoms. The third kappa shape index (κ3) is 3.67. The molecule has 1 N–H and O–H groups in total. The molecule has 0 radical (unpaired) electrons. The summed E-state index contributed by atoms with van der Waals surface area (Å²) >= 11 is 5.85. The molecule has 8 heteroatoms. The van der Waals surface area contributed by atoms with Gasteiger partial charge in [-0.2, -0.15) is 0 Å². The SMILES string of the molecule is CC(CC(=O)O)n1nnnc1COc1cccc(Cl)c1. The maximum Gasteiger partial charge on any atom is 0.305 e. The third-order valence-electron chi connectivity index (χ3n) is 2.61.